The van der Waals surface area contributed by atoms with Gasteiger partial charge in [-0.3, -0.25) is 4.79 Å². The van der Waals surface area contributed by atoms with Crippen molar-refractivity contribution in [2.75, 3.05) is 26.2 Å². The standard InChI is InChI=1S/C15H20Cl2N2O2.ClH/c16-12-3-4-13(17)14(8-12)21-10-15(20)19-7-5-11-2-1-6-18-9-11;/h3-4,8,11,18H,1-2,5-7,9-10H2,(H,19,20);1H. The van der Waals surface area contributed by atoms with Crippen LogP contribution in [0, 0.1) is 5.92 Å². The van der Waals surface area contributed by atoms with Gasteiger partial charge in [-0.25, -0.2) is 0 Å². The Hall–Kier alpha value is -0.680. The van der Waals surface area contributed by atoms with Gasteiger partial charge in [0.2, 0.25) is 0 Å². The summed E-state index contributed by atoms with van der Waals surface area (Å²) in [6.45, 7) is 2.78. The number of ether oxygens (including phenoxy) is 1. The predicted molar refractivity (Wildman–Crippen MR) is 92.4 cm³/mol. The van der Waals surface area contributed by atoms with Crippen molar-refractivity contribution < 1.29 is 9.53 Å². The molecule has 22 heavy (non-hydrogen) atoms. The number of carbonyl (C=O) groups excluding carboxylic acids is 1. The number of carbonyl (C=O) groups is 1. The van der Waals surface area contributed by atoms with Gasteiger partial charge in [-0.2, -0.15) is 0 Å². The first kappa shape index (κ1) is 19.4. The minimum absolute atomic E-state index is 0. The van der Waals surface area contributed by atoms with Crippen LogP contribution in [0.15, 0.2) is 18.2 Å². The van der Waals surface area contributed by atoms with Gasteiger partial charge in [0.15, 0.2) is 6.61 Å². The van der Waals surface area contributed by atoms with Gasteiger partial charge >= 0.3 is 0 Å². The lowest BCUT2D eigenvalue weighted by atomic mass is 9.96. The van der Waals surface area contributed by atoms with Gasteiger partial charge in [-0.05, 0) is 50.4 Å². The number of piperidine rings is 1. The third-order valence-corrected chi connectivity index (χ3v) is 4.07. The van der Waals surface area contributed by atoms with Crippen LogP contribution >= 0.6 is 35.6 Å². The van der Waals surface area contributed by atoms with E-state index in [0.717, 1.165) is 19.5 Å². The van der Waals surface area contributed by atoms with Crippen molar-refractivity contribution in [1.82, 2.24) is 10.6 Å². The van der Waals surface area contributed by atoms with Crippen molar-refractivity contribution in [2.24, 2.45) is 5.92 Å². The lowest BCUT2D eigenvalue weighted by Crippen LogP contribution is -2.34. The first-order valence-corrected chi connectivity index (χ1v) is 7.96. The van der Waals surface area contributed by atoms with E-state index in [2.05, 4.69) is 10.6 Å². The molecule has 1 saturated heterocycles. The molecule has 1 fully saturated rings. The highest BCUT2D eigenvalue weighted by molar-refractivity contribution is 6.34. The van der Waals surface area contributed by atoms with Crippen molar-refractivity contribution in [2.45, 2.75) is 19.3 Å². The summed E-state index contributed by atoms with van der Waals surface area (Å²) in [5, 5.41) is 7.21. The van der Waals surface area contributed by atoms with Crippen molar-refractivity contribution in [3.8, 4) is 5.75 Å². The van der Waals surface area contributed by atoms with Crippen LogP contribution in [0.25, 0.3) is 0 Å². The summed E-state index contributed by atoms with van der Waals surface area (Å²) in [5.74, 6) is 0.938. The maximum Gasteiger partial charge on any atom is 0.257 e. The molecule has 1 aliphatic heterocycles. The molecule has 0 aromatic heterocycles. The van der Waals surface area contributed by atoms with E-state index in [4.69, 9.17) is 27.9 Å². The number of hydrogen-bond donors (Lipinski definition) is 2. The number of hydrogen-bond acceptors (Lipinski definition) is 3. The highest BCUT2D eigenvalue weighted by Gasteiger charge is 2.13. The highest BCUT2D eigenvalue weighted by atomic mass is 35.5. The molecule has 7 heteroatoms. The Kier molecular flexibility index (Phi) is 8.95. The zero-order valence-corrected chi connectivity index (χ0v) is 14.6. The Labute approximate surface area is 147 Å². The zero-order valence-electron chi connectivity index (χ0n) is 12.2. The topological polar surface area (TPSA) is 50.4 Å². The molecule has 1 unspecified atom stereocenters. The molecule has 0 bridgehead atoms. The smallest absolute Gasteiger partial charge is 0.257 e. The second kappa shape index (κ2) is 10.2. The molecule has 0 radical (unpaired) electrons. The summed E-state index contributed by atoms with van der Waals surface area (Å²) in [4.78, 5) is 11.7. The van der Waals surface area contributed by atoms with Crippen molar-refractivity contribution >= 4 is 41.5 Å². The SMILES string of the molecule is Cl.O=C(COc1cc(Cl)ccc1Cl)NCCC1CCCNC1. The second-order valence-electron chi connectivity index (χ2n) is 5.21. The molecule has 1 amide bonds. The third kappa shape index (κ3) is 6.61. The van der Waals surface area contributed by atoms with Crippen LogP contribution in [-0.4, -0.2) is 32.1 Å². The predicted octanol–water partition coefficient (Wildman–Crippen LogP) is 3.30. The summed E-state index contributed by atoms with van der Waals surface area (Å²) in [5.41, 5.74) is 0. The van der Waals surface area contributed by atoms with Crippen LogP contribution in [0.4, 0.5) is 0 Å². The highest BCUT2D eigenvalue weighted by Crippen LogP contribution is 2.27. The normalized spacial score (nSPS) is 17.5. The van der Waals surface area contributed by atoms with E-state index < -0.39 is 0 Å². The van der Waals surface area contributed by atoms with E-state index >= 15 is 0 Å². The Morgan fingerprint density at radius 1 is 1.41 bits per heavy atom. The number of nitrogens with one attached hydrogen (secondary N) is 2. The van der Waals surface area contributed by atoms with Crippen LogP contribution < -0.4 is 15.4 Å². The lowest BCUT2D eigenvalue weighted by molar-refractivity contribution is -0.123. The monoisotopic (exact) mass is 366 g/mol. The van der Waals surface area contributed by atoms with Crippen LogP contribution in [0.5, 0.6) is 5.75 Å². The third-order valence-electron chi connectivity index (χ3n) is 3.53. The largest absolute Gasteiger partial charge is 0.482 e. The van der Waals surface area contributed by atoms with E-state index in [9.17, 15) is 4.79 Å². The molecule has 1 heterocycles. The lowest BCUT2D eigenvalue weighted by Gasteiger charge is -2.22. The Balaban J connectivity index is 0.00000242. The first-order valence-electron chi connectivity index (χ1n) is 7.20. The molecule has 4 nitrogen and oxygen atoms in total. The number of halogens is 3. The Morgan fingerprint density at radius 3 is 2.95 bits per heavy atom. The maximum atomic E-state index is 11.7. The molecule has 124 valence electrons. The number of rotatable bonds is 6. The molecule has 1 atom stereocenters. The summed E-state index contributed by atoms with van der Waals surface area (Å²) in [6.07, 6.45) is 3.45. The molecule has 0 saturated carbocycles. The second-order valence-corrected chi connectivity index (χ2v) is 6.06. The van der Waals surface area contributed by atoms with Gasteiger partial charge in [0, 0.05) is 17.6 Å². The van der Waals surface area contributed by atoms with Gasteiger partial charge in [-0.1, -0.05) is 23.2 Å². The van der Waals surface area contributed by atoms with Gasteiger partial charge in [-0.15, -0.1) is 12.4 Å². The van der Waals surface area contributed by atoms with Crippen molar-refractivity contribution in [1.29, 1.82) is 0 Å². The fraction of sp³-hybridized carbons (Fsp3) is 0.533. The van der Waals surface area contributed by atoms with Gasteiger partial charge < -0.3 is 15.4 Å². The van der Waals surface area contributed by atoms with E-state index in [1.54, 1.807) is 18.2 Å². The molecule has 0 spiro atoms. The Bertz CT molecular complexity index is 480. The number of amides is 1. The van der Waals surface area contributed by atoms with Crippen LogP contribution in [-0.2, 0) is 4.79 Å². The molecule has 1 aliphatic rings. The molecule has 0 aliphatic carbocycles. The van der Waals surface area contributed by atoms with Gasteiger partial charge in [0.05, 0.1) is 5.02 Å². The fourth-order valence-corrected chi connectivity index (χ4v) is 2.70. The van der Waals surface area contributed by atoms with Crippen LogP contribution in [0.1, 0.15) is 19.3 Å². The molecule has 2 N–H and O–H groups in total. The van der Waals surface area contributed by atoms with E-state index in [1.165, 1.54) is 12.8 Å². The molecule has 2 rings (SSSR count). The average molecular weight is 368 g/mol. The Morgan fingerprint density at radius 2 is 2.23 bits per heavy atom. The van der Waals surface area contributed by atoms with Crippen molar-refractivity contribution in [3.05, 3.63) is 28.2 Å². The molecule has 1 aromatic carbocycles. The molecule has 1 aromatic rings. The summed E-state index contributed by atoms with van der Waals surface area (Å²) in [6, 6.07) is 4.92. The fourth-order valence-electron chi connectivity index (χ4n) is 2.37. The minimum Gasteiger partial charge on any atom is -0.482 e. The summed E-state index contributed by atoms with van der Waals surface area (Å²) < 4.78 is 5.38. The van der Waals surface area contributed by atoms with E-state index in [1.807, 2.05) is 0 Å². The first-order chi connectivity index (χ1) is 10.1. The van der Waals surface area contributed by atoms with Gasteiger partial charge in [0.25, 0.3) is 5.91 Å². The van der Waals surface area contributed by atoms with E-state index in [-0.39, 0.29) is 24.9 Å². The number of benzene rings is 1. The summed E-state index contributed by atoms with van der Waals surface area (Å²) >= 11 is 11.8. The minimum atomic E-state index is -0.144. The average Bonchev–Trinajstić information content (AvgIpc) is 2.49. The van der Waals surface area contributed by atoms with Gasteiger partial charge in [0.1, 0.15) is 5.75 Å². The van der Waals surface area contributed by atoms with E-state index in [0.29, 0.717) is 28.3 Å². The van der Waals surface area contributed by atoms with Crippen LogP contribution in [0.2, 0.25) is 10.0 Å². The molecular formula is C15H21Cl3N2O2. The zero-order chi connectivity index (χ0) is 15.1. The van der Waals surface area contributed by atoms with Crippen LogP contribution in [0.3, 0.4) is 0 Å². The maximum absolute atomic E-state index is 11.7. The summed E-state index contributed by atoms with van der Waals surface area (Å²) in [7, 11) is 0. The quantitative estimate of drug-likeness (QED) is 0.811. The molecular weight excluding hydrogens is 347 g/mol. The van der Waals surface area contributed by atoms with Crippen molar-refractivity contribution in [3.63, 3.8) is 0 Å².